The van der Waals surface area contributed by atoms with Gasteiger partial charge in [0.05, 0.1) is 25.6 Å². The van der Waals surface area contributed by atoms with E-state index in [1.807, 2.05) is 0 Å². The largest absolute Gasteiger partial charge is 0.494 e. The number of amides is 1. The molecule has 1 aliphatic rings. The summed E-state index contributed by atoms with van der Waals surface area (Å²) in [4.78, 5) is 24.9. The summed E-state index contributed by atoms with van der Waals surface area (Å²) >= 11 is 0. The summed E-state index contributed by atoms with van der Waals surface area (Å²) < 4.78 is 18.6. The summed E-state index contributed by atoms with van der Waals surface area (Å²) in [7, 11) is 1.41. The number of hydrogen-bond donors (Lipinski definition) is 1. The molecule has 0 aliphatic carbocycles. The fraction of sp³-hybridized carbons (Fsp3) is 0.250. The standard InChI is InChI=1S/C16H15FN4O3/c1-23-15-3-2-10(6-12(15)17)13-7-11(24-21-13)8-20-16(22)14-9-18-4-5-19-14/h2-6,9,11H,7-8H2,1H3,(H,20,22)/t11-/m1/s1. The number of rotatable bonds is 5. The Kier molecular flexibility index (Phi) is 4.64. The SMILES string of the molecule is COc1ccc(C2=NO[C@@H](CNC(=O)c3cnccn3)C2)cc1F. The average Bonchev–Trinajstić information content (AvgIpc) is 3.09. The van der Waals surface area contributed by atoms with Crippen LogP contribution in [0, 0.1) is 5.82 Å². The zero-order chi connectivity index (χ0) is 16.9. The first-order valence-electron chi connectivity index (χ1n) is 7.28. The minimum absolute atomic E-state index is 0.172. The van der Waals surface area contributed by atoms with Crippen molar-refractivity contribution in [1.82, 2.24) is 15.3 Å². The van der Waals surface area contributed by atoms with Gasteiger partial charge in [-0.15, -0.1) is 0 Å². The number of methoxy groups -OCH3 is 1. The number of carbonyl (C=O) groups excluding carboxylic acids is 1. The van der Waals surface area contributed by atoms with Gasteiger partial charge in [0.2, 0.25) is 0 Å². The van der Waals surface area contributed by atoms with Gasteiger partial charge in [0, 0.05) is 24.4 Å². The van der Waals surface area contributed by atoms with Gasteiger partial charge >= 0.3 is 0 Å². The minimum atomic E-state index is -0.461. The van der Waals surface area contributed by atoms with Crippen molar-refractivity contribution in [2.75, 3.05) is 13.7 Å². The fourth-order valence-electron chi connectivity index (χ4n) is 2.27. The summed E-state index contributed by atoms with van der Waals surface area (Å²) in [5.74, 6) is -0.626. The normalized spacial score (nSPS) is 16.2. The number of nitrogens with zero attached hydrogens (tertiary/aromatic N) is 3. The molecule has 0 saturated heterocycles. The zero-order valence-corrected chi connectivity index (χ0v) is 12.9. The molecule has 3 rings (SSSR count). The summed E-state index contributed by atoms with van der Waals surface area (Å²) in [6.07, 6.45) is 4.47. The van der Waals surface area contributed by atoms with Crippen LogP contribution in [0.3, 0.4) is 0 Å². The van der Waals surface area contributed by atoms with Gasteiger partial charge in [0.25, 0.3) is 5.91 Å². The van der Waals surface area contributed by atoms with E-state index in [1.54, 1.807) is 6.07 Å². The van der Waals surface area contributed by atoms with Crippen molar-refractivity contribution in [3.05, 3.63) is 53.9 Å². The van der Waals surface area contributed by atoms with Gasteiger partial charge in [0.1, 0.15) is 11.8 Å². The molecule has 1 aromatic heterocycles. The molecular formula is C16H15FN4O3. The minimum Gasteiger partial charge on any atom is -0.494 e. The third kappa shape index (κ3) is 3.48. The van der Waals surface area contributed by atoms with Gasteiger partial charge in [-0.25, -0.2) is 9.37 Å². The van der Waals surface area contributed by atoms with E-state index in [1.165, 1.54) is 37.8 Å². The molecule has 0 spiro atoms. The van der Waals surface area contributed by atoms with Crippen LogP contribution in [0.2, 0.25) is 0 Å². The Balaban J connectivity index is 1.55. The van der Waals surface area contributed by atoms with Crippen molar-refractivity contribution in [1.29, 1.82) is 0 Å². The van der Waals surface area contributed by atoms with Gasteiger partial charge in [-0.05, 0) is 18.2 Å². The molecule has 0 radical (unpaired) electrons. The molecule has 2 heterocycles. The van der Waals surface area contributed by atoms with Crippen LogP contribution in [-0.4, -0.2) is 41.3 Å². The molecule has 7 nitrogen and oxygen atoms in total. The first-order chi connectivity index (χ1) is 11.7. The molecule has 24 heavy (non-hydrogen) atoms. The quantitative estimate of drug-likeness (QED) is 0.899. The molecule has 1 aliphatic heterocycles. The number of benzene rings is 1. The van der Waals surface area contributed by atoms with Crippen LogP contribution < -0.4 is 10.1 Å². The number of carbonyl (C=O) groups is 1. The van der Waals surface area contributed by atoms with Gasteiger partial charge in [-0.3, -0.25) is 9.78 Å². The second kappa shape index (κ2) is 7.03. The third-order valence-electron chi connectivity index (χ3n) is 3.50. The molecule has 8 heteroatoms. The highest BCUT2D eigenvalue weighted by Crippen LogP contribution is 2.22. The van der Waals surface area contributed by atoms with Crippen LogP contribution in [0.25, 0.3) is 0 Å². The van der Waals surface area contributed by atoms with Gasteiger partial charge in [-0.2, -0.15) is 0 Å². The Labute approximate surface area is 137 Å². The van der Waals surface area contributed by atoms with Crippen molar-refractivity contribution in [2.45, 2.75) is 12.5 Å². The van der Waals surface area contributed by atoms with E-state index in [2.05, 4.69) is 20.4 Å². The zero-order valence-electron chi connectivity index (χ0n) is 12.9. The van der Waals surface area contributed by atoms with E-state index < -0.39 is 5.82 Å². The van der Waals surface area contributed by atoms with Crippen LogP contribution >= 0.6 is 0 Å². The Morgan fingerprint density at radius 3 is 3.04 bits per heavy atom. The number of nitrogens with one attached hydrogen (secondary N) is 1. The number of ether oxygens (including phenoxy) is 1. The van der Waals surface area contributed by atoms with Crippen molar-refractivity contribution >= 4 is 11.6 Å². The maximum Gasteiger partial charge on any atom is 0.271 e. The Hall–Kier alpha value is -3.03. The van der Waals surface area contributed by atoms with Crippen molar-refractivity contribution in [3.8, 4) is 5.75 Å². The summed E-state index contributed by atoms with van der Waals surface area (Å²) in [5, 5.41) is 6.67. The molecular weight excluding hydrogens is 315 g/mol. The first-order valence-corrected chi connectivity index (χ1v) is 7.28. The van der Waals surface area contributed by atoms with Crippen LogP contribution in [0.1, 0.15) is 22.5 Å². The second-order valence-electron chi connectivity index (χ2n) is 5.12. The van der Waals surface area contributed by atoms with E-state index in [0.29, 0.717) is 17.7 Å². The van der Waals surface area contributed by atoms with Crippen LogP contribution in [0.5, 0.6) is 5.75 Å². The van der Waals surface area contributed by atoms with E-state index in [9.17, 15) is 9.18 Å². The lowest BCUT2D eigenvalue weighted by Gasteiger charge is -2.09. The highest BCUT2D eigenvalue weighted by molar-refractivity contribution is 6.01. The average molecular weight is 330 g/mol. The molecule has 2 aromatic rings. The molecule has 124 valence electrons. The van der Waals surface area contributed by atoms with Crippen molar-refractivity contribution < 1.29 is 18.8 Å². The third-order valence-corrected chi connectivity index (χ3v) is 3.50. The smallest absolute Gasteiger partial charge is 0.271 e. The first kappa shape index (κ1) is 15.9. The highest BCUT2D eigenvalue weighted by atomic mass is 19.1. The maximum absolute atomic E-state index is 13.8. The Morgan fingerprint density at radius 1 is 1.46 bits per heavy atom. The summed E-state index contributed by atoms with van der Waals surface area (Å²) in [6, 6.07) is 4.60. The topological polar surface area (TPSA) is 85.7 Å². The van der Waals surface area contributed by atoms with E-state index in [4.69, 9.17) is 9.57 Å². The van der Waals surface area contributed by atoms with Crippen LogP contribution in [-0.2, 0) is 4.84 Å². The fourth-order valence-corrected chi connectivity index (χ4v) is 2.27. The molecule has 0 unspecified atom stereocenters. The molecule has 1 N–H and O–H groups in total. The van der Waals surface area contributed by atoms with E-state index in [-0.39, 0.29) is 30.0 Å². The van der Waals surface area contributed by atoms with E-state index >= 15 is 0 Å². The molecule has 1 atom stereocenters. The number of halogens is 1. The van der Waals surface area contributed by atoms with Gasteiger partial charge < -0.3 is 14.9 Å². The van der Waals surface area contributed by atoms with Crippen LogP contribution in [0.4, 0.5) is 4.39 Å². The van der Waals surface area contributed by atoms with Crippen molar-refractivity contribution in [3.63, 3.8) is 0 Å². The lowest BCUT2D eigenvalue weighted by atomic mass is 10.0. The lowest BCUT2D eigenvalue weighted by molar-refractivity contribution is 0.0751. The van der Waals surface area contributed by atoms with Crippen molar-refractivity contribution in [2.24, 2.45) is 5.16 Å². The van der Waals surface area contributed by atoms with Gasteiger partial charge in [-0.1, -0.05) is 5.16 Å². The Morgan fingerprint density at radius 2 is 2.33 bits per heavy atom. The molecule has 1 aromatic carbocycles. The predicted octanol–water partition coefficient (Wildman–Crippen LogP) is 1.55. The summed E-state index contributed by atoms with van der Waals surface area (Å²) in [5.41, 5.74) is 1.47. The maximum atomic E-state index is 13.8. The van der Waals surface area contributed by atoms with E-state index in [0.717, 1.165) is 0 Å². The molecule has 0 bridgehead atoms. The molecule has 0 fully saturated rings. The molecule has 0 saturated carbocycles. The van der Waals surface area contributed by atoms with Crippen LogP contribution in [0.15, 0.2) is 41.9 Å². The monoisotopic (exact) mass is 330 g/mol. The lowest BCUT2D eigenvalue weighted by Crippen LogP contribution is -2.32. The Bertz CT molecular complexity index is 767. The number of aromatic nitrogens is 2. The highest BCUT2D eigenvalue weighted by Gasteiger charge is 2.23. The number of hydrogen-bond acceptors (Lipinski definition) is 6. The summed E-state index contributed by atoms with van der Waals surface area (Å²) in [6.45, 7) is 0.265. The molecule has 1 amide bonds. The number of oxime groups is 1. The predicted molar refractivity (Wildman–Crippen MR) is 83.3 cm³/mol. The van der Waals surface area contributed by atoms with Gasteiger partial charge in [0.15, 0.2) is 11.6 Å². The second-order valence-corrected chi connectivity index (χ2v) is 5.12.